The number of fused-ring (bicyclic) bond motifs is 1. The van der Waals surface area contributed by atoms with E-state index in [2.05, 4.69) is 10.4 Å². The van der Waals surface area contributed by atoms with E-state index in [1.54, 1.807) is 0 Å². The van der Waals surface area contributed by atoms with Gasteiger partial charge < -0.3 is 5.32 Å². The van der Waals surface area contributed by atoms with Gasteiger partial charge in [-0.2, -0.15) is 18.3 Å². The average molecular weight is 397 g/mol. The van der Waals surface area contributed by atoms with Gasteiger partial charge in [-0.1, -0.05) is 32.9 Å². The summed E-state index contributed by atoms with van der Waals surface area (Å²) in [5.74, 6) is -1.96. The number of carbonyl (C=O) groups is 1. The molecular formula is C20H23F4N3O. The third-order valence-corrected chi connectivity index (χ3v) is 4.73. The molecule has 1 aromatic heterocycles. The molecule has 0 fully saturated rings. The van der Waals surface area contributed by atoms with Gasteiger partial charge in [-0.05, 0) is 29.5 Å². The van der Waals surface area contributed by atoms with E-state index >= 15 is 0 Å². The highest BCUT2D eigenvalue weighted by atomic mass is 19.4. The zero-order valence-electron chi connectivity index (χ0n) is 16.0. The maximum Gasteiger partial charge on any atom is 0.392 e. The summed E-state index contributed by atoms with van der Waals surface area (Å²) in [4.78, 5) is 12.4. The number of nitrogens with one attached hydrogen (secondary N) is 1. The van der Waals surface area contributed by atoms with E-state index in [-0.39, 0.29) is 42.9 Å². The molecule has 0 bridgehead atoms. The number of aryl methyl sites for hydroxylation is 1. The molecule has 3 rings (SSSR count). The summed E-state index contributed by atoms with van der Waals surface area (Å²) in [5.41, 5.74) is 1.11. The Kier molecular flexibility index (Phi) is 5.25. The lowest BCUT2D eigenvalue weighted by Gasteiger charge is -2.26. The van der Waals surface area contributed by atoms with Crippen molar-refractivity contribution in [3.63, 3.8) is 0 Å². The summed E-state index contributed by atoms with van der Waals surface area (Å²) in [6, 6.07) is 5.46. The molecule has 152 valence electrons. The zero-order valence-corrected chi connectivity index (χ0v) is 16.0. The molecule has 1 aromatic carbocycles. The fourth-order valence-corrected chi connectivity index (χ4v) is 3.45. The van der Waals surface area contributed by atoms with Crippen molar-refractivity contribution in [1.82, 2.24) is 9.78 Å². The van der Waals surface area contributed by atoms with Crippen molar-refractivity contribution in [3.8, 4) is 11.1 Å². The molecule has 28 heavy (non-hydrogen) atoms. The van der Waals surface area contributed by atoms with E-state index in [1.807, 2.05) is 20.8 Å². The predicted octanol–water partition coefficient (Wildman–Crippen LogP) is 5.19. The summed E-state index contributed by atoms with van der Waals surface area (Å²) < 4.78 is 54.7. The van der Waals surface area contributed by atoms with E-state index in [0.29, 0.717) is 16.8 Å². The third kappa shape index (κ3) is 4.54. The van der Waals surface area contributed by atoms with Gasteiger partial charge in [0.25, 0.3) is 0 Å². The molecule has 8 heteroatoms. The molecule has 2 heterocycles. The second kappa shape index (κ2) is 7.22. The smallest absolute Gasteiger partial charge is 0.309 e. The second-order valence-electron chi connectivity index (χ2n) is 8.42. The Hall–Kier alpha value is -2.38. The number of benzene rings is 1. The maximum atomic E-state index is 13.3. The largest absolute Gasteiger partial charge is 0.392 e. The molecule has 1 amide bonds. The Morgan fingerprint density at radius 1 is 1.21 bits per heavy atom. The summed E-state index contributed by atoms with van der Waals surface area (Å²) in [5, 5.41) is 7.10. The lowest BCUT2D eigenvalue weighted by atomic mass is 9.91. The van der Waals surface area contributed by atoms with Crippen molar-refractivity contribution in [3.05, 3.63) is 35.8 Å². The first-order valence-electron chi connectivity index (χ1n) is 9.16. The Bertz CT molecular complexity index is 863. The second-order valence-corrected chi connectivity index (χ2v) is 8.42. The number of alkyl halides is 3. The van der Waals surface area contributed by atoms with Crippen LogP contribution in [-0.4, -0.2) is 21.9 Å². The summed E-state index contributed by atoms with van der Waals surface area (Å²) in [6.45, 7) is 5.86. The van der Waals surface area contributed by atoms with Crippen LogP contribution in [0.1, 0.15) is 39.3 Å². The summed E-state index contributed by atoms with van der Waals surface area (Å²) in [6.07, 6.45) is -4.34. The van der Waals surface area contributed by atoms with E-state index in [4.69, 9.17) is 0 Å². The van der Waals surface area contributed by atoms with Crippen LogP contribution in [0.15, 0.2) is 24.3 Å². The van der Waals surface area contributed by atoms with Gasteiger partial charge >= 0.3 is 6.18 Å². The summed E-state index contributed by atoms with van der Waals surface area (Å²) in [7, 11) is 0. The van der Waals surface area contributed by atoms with Crippen LogP contribution in [0.3, 0.4) is 0 Å². The summed E-state index contributed by atoms with van der Waals surface area (Å²) >= 11 is 0. The quantitative estimate of drug-likeness (QED) is 0.725. The minimum atomic E-state index is -4.30. The van der Waals surface area contributed by atoms with Gasteiger partial charge in [0, 0.05) is 30.6 Å². The molecule has 0 saturated heterocycles. The minimum absolute atomic E-state index is 0.0591. The molecule has 1 aliphatic rings. The fourth-order valence-electron chi connectivity index (χ4n) is 3.45. The topological polar surface area (TPSA) is 46.9 Å². The molecule has 4 nitrogen and oxygen atoms in total. The van der Waals surface area contributed by atoms with Gasteiger partial charge in [0.05, 0.1) is 5.92 Å². The lowest BCUT2D eigenvalue weighted by Crippen LogP contribution is -2.31. The van der Waals surface area contributed by atoms with Crippen molar-refractivity contribution < 1.29 is 22.4 Å². The molecule has 0 saturated carbocycles. The molecule has 0 spiro atoms. The minimum Gasteiger partial charge on any atom is -0.309 e. The van der Waals surface area contributed by atoms with E-state index in [0.717, 1.165) is 0 Å². The SMILES string of the molecule is CC(C)(C)CC(=O)Nc1nn2c(c1-c1ccc(F)cc1)C[C@H](C(F)(F)F)CC2. The first-order valence-corrected chi connectivity index (χ1v) is 9.16. The van der Waals surface area contributed by atoms with Crippen molar-refractivity contribution in [2.75, 3.05) is 5.32 Å². The van der Waals surface area contributed by atoms with Crippen LogP contribution in [-0.2, 0) is 17.8 Å². The number of anilines is 1. The number of nitrogens with zero attached hydrogens (tertiary/aromatic N) is 2. The van der Waals surface area contributed by atoms with Crippen LogP contribution < -0.4 is 5.32 Å². The Labute approximate surface area is 160 Å². The van der Waals surface area contributed by atoms with E-state index in [1.165, 1.54) is 28.9 Å². The van der Waals surface area contributed by atoms with Crippen LogP contribution in [0, 0.1) is 17.2 Å². The standard InChI is InChI=1S/C20H23F4N3O/c1-19(2,3)11-16(28)25-18-17(12-4-6-14(21)7-5-12)15-10-13(20(22,23)24)8-9-27(15)26-18/h4-7,13H,8-11H2,1-3H3,(H,25,26,28)/t13-/m1/s1. The number of hydrogen-bond donors (Lipinski definition) is 1. The van der Waals surface area contributed by atoms with Gasteiger partial charge in [-0.3, -0.25) is 9.48 Å². The van der Waals surface area contributed by atoms with Crippen LogP contribution in [0.5, 0.6) is 0 Å². The van der Waals surface area contributed by atoms with Gasteiger partial charge in [0.15, 0.2) is 5.82 Å². The number of halogens is 4. The van der Waals surface area contributed by atoms with E-state index < -0.39 is 17.9 Å². The molecular weight excluding hydrogens is 374 g/mol. The third-order valence-electron chi connectivity index (χ3n) is 4.73. The number of rotatable bonds is 3. The first kappa shape index (κ1) is 20.4. The number of hydrogen-bond acceptors (Lipinski definition) is 2. The lowest BCUT2D eigenvalue weighted by molar-refractivity contribution is -0.179. The Morgan fingerprint density at radius 2 is 1.86 bits per heavy atom. The highest BCUT2D eigenvalue weighted by Gasteiger charge is 2.43. The first-order chi connectivity index (χ1) is 12.9. The van der Waals surface area contributed by atoms with E-state index in [9.17, 15) is 22.4 Å². The molecule has 0 unspecified atom stereocenters. The van der Waals surface area contributed by atoms with Gasteiger partial charge in [0.2, 0.25) is 5.91 Å². The predicted molar refractivity (Wildman–Crippen MR) is 98.2 cm³/mol. The van der Waals surface area contributed by atoms with Crippen LogP contribution in [0.4, 0.5) is 23.4 Å². The average Bonchev–Trinajstić information content (AvgIpc) is 2.89. The monoisotopic (exact) mass is 397 g/mol. The molecule has 1 aliphatic heterocycles. The molecule has 0 radical (unpaired) electrons. The van der Waals surface area contributed by atoms with Crippen molar-refractivity contribution in [2.45, 2.75) is 52.8 Å². The van der Waals surface area contributed by atoms with Crippen LogP contribution in [0.2, 0.25) is 0 Å². The van der Waals surface area contributed by atoms with Crippen LogP contribution >= 0.6 is 0 Å². The van der Waals surface area contributed by atoms with Crippen molar-refractivity contribution in [2.24, 2.45) is 11.3 Å². The normalized spacial score (nSPS) is 17.3. The maximum absolute atomic E-state index is 13.3. The fraction of sp³-hybridized carbons (Fsp3) is 0.500. The molecule has 2 aromatic rings. The van der Waals surface area contributed by atoms with Gasteiger partial charge in [-0.15, -0.1) is 0 Å². The van der Waals surface area contributed by atoms with Crippen molar-refractivity contribution >= 4 is 11.7 Å². The Morgan fingerprint density at radius 3 is 2.43 bits per heavy atom. The number of amides is 1. The molecule has 0 aliphatic carbocycles. The molecule has 1 atom stereocenters. The zero-order chi connectivity index (χ0) is 20.7. The van der Waals surface area contributed by atoms with Crippen LogP contribution in [0.25, 0.3) is 11.1 Å². The highest BCUT2D eigenvalue weighted by molar-refractivity contribution is 5.95. The van der Waals surface area contributed by atoms with Gasteiger partial charge in [0.1, 0.15) is 5.82 Å². The number of carbonyl (C=O) groups excluding carboxylic acids is 1. The Balaban J connectivity index is 2.02. The highest BCUT2D eigenvalue weighted by Crippen LogP contribution is 2.41. The van der Waals surface area contributed by atoms with Crippen molar-refractivity contribution in [1.29, 1.82) is 0 Å². The number of aromatic nitrogens is 2. The van der Waals surface area contributed by atoms with Gasteiger partial charge in [-0.25, -0.2) is 4.39 Å². The molecule has 1 N–H and O–H groups in total.